The van der Waals surface area contributed by atoms with Crippen molar-refractivity contribution in [1.29, 1.82) is 0 Å². The first-order valence-corrected chi connectivity index (χ1v) is 7.96. The number of amides is 2. The topological polar surface area (TPSA) is 61.4 Å². The molecule has 2 rings (SSSR count). The van der Waals surface area contributed by atoms with Gasteiger partial charge in [-0.3, -0.25) is 9.59 Å². The van der Waals surface area contributed by atoms with Crippen molar-refractivity contribution in [3.8, 4) is 0 Å². The normalized spacial score (nSPS) is 16.7. The fraction of sp³-hybridized carbons (Fsp3) is 0.529. The number of halogens is 1. The highest BCUT2D eigenvalue weighted by atomic mass is 35.5. The Bertz CT molecular complexity index is 496. The lowest BCUT2D eigenvalue weighted by Gasteiger charge is -2.16. The van der Waals surface area contributed by atoms with E-state index in [0.717, 1.165) is 26.1 Å². The summed E-state index contributed by atoms with van der Waals surface area (Å²) in [5.74, 6) is 0.697. The Morgan fingerprint density at radius 3 is 2.70 bits per heavy atom. The molecule has 1 unspecified atom stereocenters. The molecule has 6 heteroatoms. The molecule has 128 valence electrons. The van der Waals surface area contributed by atoms with Crippen LogP contribution in [0, 0.1) is 5.92 Å². The summed E-state index contributed by atoms with van der Waals surface area (Å²) >= 11 is 0. The average Bonchev–Trinajstić information content (AvgIpc) is 3.01. The van der Waals surface area contributed by atoms with Gasteiger partial charge in [-0.15, -0.1) is 12.4 Å². The zero-order valence-corrected chi connectivity index (χ0v) is 14.4. The van der Waals surface area contributed by atoms with Gasteiger partial charge in [-0.05, 0) is 44.5 Å². The van der Waals surface area contributed by atoms with E-state index < -0.39 is 0 Å². The fourth-order valence-corrected chi connectivity index (χ4v) is 2.81. The largest absolute Gasteiger partial charge is 0.352 e. The van der Waals surface area contributed by atoms with E-state index in [9.17, 15) is 9.59 Å². The first-order chi connectivity index (χ1) is 10.7. The molecule has 0 aliphatic carbocycles. The predicted octanol–water partition coefficient (Wildman–Crippen LogP) is 1.69. The van der Waals surface area contributed by atoms with Crippen LogP contribution in [-0.2, 0) is 4.79 Å². The summed E-state index contributed by atoms with van der Waals surface area (Å²) < 4.78 is 0. The van der Waals surface area contributed by atoms with Gasteiger partial charge in [0.15, 0.2) is 0 Å². The van der Waals surface area contributed by atoms with E-state index in [0.29, 0.717) is 30.9 Å². The molecule has 1 aliphatic rings. The second-order valence-corrected chi connectivity index (χ2v) is 5.78. The van der Waals surface area contributed by atoms with E-state index in [1.165, 1.54) is 0 Å². The second-order valence-electron chi connectivity index (χ2n) is 5.78. The lowest BCUT2D eigenvalue weighted by atomic mass is 10.1. The third-order valence-corrected chi connectivity index (χ3v) is 4.02. The Labute approximate surface area is 144 Å². The van der Waals surface area contributed by atoms with E-state index in [4.69, 9.17) is 0 Å². The third kappa shape index (κ3) is 6.20. The lowest BCUT2D eigenvalue weighted by Crippen LogP contribution is -2.31. The summed E-state index contributed by atoms with van der Waals surface area (Å²) in [5, 5.41) is 6.02. The standard InChI is InChI=1S/C17H25N3O2.ClH/c1-18-12-14-9-11-20(13-14)16(21)8-5-10-19-17(22)15-6-3-2-4-7-15;/h2-4,6-7,14,18H,5,8-13H2,1H3,(H,19,22);1H. The molecule has 0 bridgehead atoms. The molecule has 0 aromatic heterocycles. The van der Waals surface area contributed by atoms with Crippen LogP contribution >= 0.6 is 12.4 Å². The van der Waals surface area contributed by atoms with E-state index in [-0.39, 0.29) is 24.2 Å². The third-order valence-electron chi connectivity index (χ3n) is 4.02. The Morgan fingerprint density at radius 1 is 1.26 bits per heavy atom. The quantitative estimate of drug-likeness (QED) is 0.743. The van der Waals surface area contributed by atoms with E-state index >= 15 is 0 Å². The summed E-state index contributed by atoms with van der Waals surface area (Å²) in [4.78, 5) is 25.9. The molecule has 2 N–H and O–H groups in total. The van der Waals surface area contributed by atoms with Crippen molar-refractivity contribution in [2.24, 2.45) is 5.92 Å². The summed E-state index contributed by atoms with van der Waals surface area (Å²) in [6.07, 6.45) is 2.27. The van der Waals surface area contributed by atoms with Gasteiger partial charge in [-0.2, -0.15) is 0 Å². The Balaban J connectivity index is 0.00000264. The van der Waals surface area contributed by atoms with Crippen LogP contribution in [0.25, 0.3) is 0 Å². The Morgan fingerprint density at radius 2 is 2.00 bits per heavy atom. The summed E-state index contributed by atoms with van der Waals surface area (Å²) in [7, 11) is 1.94. The zero-order chi connectivity index (χ0) is 15.8. The highest BCUT2D eigenvalue weighted by Crippen LogP contribution is 2.16. The smallest absolute Gasteiger partial charge is 0.251 e. The molecule has 1 heterocycles. The van der Waals surface area contributed by atoms with Crippen molar-refractivity contribution in [3.05, 3.63) is 35.9 Å². The van der Waals surface area contributed by atoms with Crippen LogP contribution in [-0.4, -0.2) is 49.9 Å². The van der Waals surface area contributed by atoms with Crippen molar-refractivity contribution in [3.63, 3.8) is 0 Å². The second kappa shape index (κ2) is 10.2. The van der Waals surface area contributed by atoms with Crippen LogP contribution in [0.2, 0.25) is 0 Å². The number of nitrogens with zero attached hydrogens (tertiary/aromatic N) is 1. The van der Waals surface area contributed by atoms with Gasteiger partial charge in [0.1, 0.15) is 0 Å². The van der Waals surface area contributed by atoms with Gasteiger partial charge in [0.25, 0.3) is 5.91 Å². The van der Waals surface area contributed by atoms with E-state index in [2.05, 4.69) is 10.6 Å². The molecule has 1 fully saturated rings. The van der Waals surface area contributed by atoms with Crippen molar-refractivity contribution in [1.82, 2.24) is 15.5 Å². The maximum atomic E-state index is 12.1. The first-order valence-electron chi connectivity index (χ1n) is 7.96. The minimum absolute atomic E-state index is 0. The van der Waals surface area contributed by atoms with Gasteiger partial charge < -0.3 is 15.5 Å². The molecule has 1 aliphatic heterocycles. The monoisotopic (exact) mass is 339 g/mol. The molecule has 0 radical (unpaired) electrons. The van der Waals surface area contributed by atoms with Crippen molar-refractivity contribution < 1.29 is 9.59 Å². The molecule has 1 aromatic rings. The van der Waals surface area contributed by atoms with Gasteiger partial charge in [-0.25, -0.2) is 0 Å². The van der Waals surface area contributed by atoms with Crippen molar-refractivity contribution in [2.45, 2.75) is 19.3 Å². The van der Waals surface area contributed by atoms with Crippen LogP contribution in [0.4, 0.5) is 0 Å². The van der Waals surface area contributed by atoms with Gasteiger partial charge in [-0.1, -0.05) is 18.2 Å². The van der Waals surface area contributed by atoms with Crippen LogP contribution < -0.4 is 10.6 Å². The molecule has 23 heavy (non-hydrogen) atoms. The Kier molecular flexibility index (Phi) is 8.66. The Hall–Kier alpha value is -1.59. The number of nitrogens with one attached hydrogen (secondary N) is 2. The summed E-state index contributed by atoms with van der Waals surface area (Å²) in [5.41, 5.74) is 0.656. The highest BCUT2D eigenvalue weighted by Gasteiger charge is 2.25. The number of carbonyl (C=O) groups is 2. The molecular weight excluding hydrogens is 314 g/mol. The summed E-state index contributed by atoms with van der Waals surface area (Å²) in [6, 6.07) is 9.13. The maximum absolute atomic E-state index is 12.1. The first kappa shape index (κ1) is 19.5. The minimum Gasteiger partial charge on any atom is -0.352 e. The average molecular weight is 340 g/mol. The number of likely N-dealkylation sites (tertiary alicyclic amines) is 1. The van der Waals surface area contributed by atoms with Crippen LogP contribution in [0.5, 0.6) is 0 Å². The molecule has 0 saturated carbocycles. The van der Waals surface area contributed by atoms with E-state index in [1.54, 1.807) is 12.1 Å². The van der Waals surface area contributed by atoms with Crippen LogP contribution in [0.1, 0.15) is 29.6 Å². The molecule has 1 atom stereocenters. The number of rotatable bonds is 7. The summed E-state index contributed by atoms with van der Waals surface area (Å²) in [6.45, 7) is 3.22. The predicted molar refractivity (Wildman–Crippen MR) is 93.9 cm³/mol. The van der Waals surface area contributed by atoms with Crippen molar-refractivity contribution in [2.75, 3.05) is 33.2 Å². The molecule has 5 nitrogen and oxygen atoms in total. The maximum Gasteiger partial charge on any atom is 0.251 e. The molecule has 2 amide bonds. The zero-order valence-electron chi connectivity index (χ0n) is 13.6. The highest BCUT2D eigenvalue weighted by molar-refractivity contribution is 5.94. The van der Waals surface area contributed by atoms with Crippen molar-refractivity contribution >= 4 is 24.2 Å². The fourth-order valence-electron chi connectivity index (χ4n) is 2.81. The number of benzene rings is 1. The van der Waals surface area contributed by atoms with E-state index in [1.807, 2.05) is 30.1 Å². The van der Waals surface area contributed by atoms with Gasteiger partial charge in [0, 0.05) is 31.6 Å². The molecule has 1 saturated heterocycles. The lowest BCUT2D eigenvalue weighted by molar-refractivity contribution is -0.130. The van der Waals surface area contributed by atoms with Gasteiger partial charge in [0.2, 0.25) is 5.91 Å². The van der Waals surface area contributed by atoms with Gasteiger partial charge >= 0.3 is 0 Å². The van der Waals surface area contributed by atoms with Gasteiger partial charge in [0.05, 0.1) is 0 Å². The molecule has 1 aromatic carbocycles. The minimum atomic E-state index is -0.0803. The molecule has 0 spiro atoms. The number of hydrogen-bond donors (Lipinski definition) is 2. The molecular formula is C17H26ClN3O2. The van der Waals surface area contributed by atoms with Crippen LogP contribution in [0.15, 0.2) is 30.3 Å². The number of hydrogen-bond acceptors (Lipinski definition) is 3. The number of carbonyl (C=O) groups excluding carboxylic acids is 2. The SMILES string of the molecule is CNCC1CCN(C(=O)CCCNC(=O)c2ccccc2)C1.Cl. The van der Waals surface area contributed by atoms with Crippen LogP contribution in [0.3, 0.4) is 0 Å².